The van der Waals surface area contributed by atoms with Gasteiger partial charge in [-0.2, -0.15) is 11.8 Å². The Morgan fingerprint density at radius 3 is 2.33 bits per heavy atom. The summed E-state index contributed by atoms with van der Waals surface area (Å²) in [5.41, 5.74) is 8.34. The molecule has 1 aromatic carbocycles. The highest BCUT2D eigenvalue weighted by atomic mass is 32.2. The predicted octanol–water partition coefficient (Wildman–Crippen LogP) is 2.52. The van der Waals surface area contributed by atoms with E-state index in [1.54, 1.807) is 0 Å². The van der Waals surface area contributed by atoms with Gasteiger partial charge in [-0.1, -0.05) is 24.3 Å². The smallest absolute Gasteiger partial charge is 0.0233 e. The summed E-state index contributed by atoms with van der Waals surface area (Å²) < 4.78 is 0. The van der Waals surface area contributed by atoms with Gasteiger partial charge < -0.3 is 5.73 Å². The van der Waals surface area contributed by atoms with E-state index in [1.165, 1.54) is 37.1 Å². The zero-order valence-corrected chi connectivity index (χ0v) is 12.1. The Bertz CT molecular complexity index is 342. The molecule has 0 saturated carbocycles. The van der Waals surface area contributed by atoms with E-state index in [-0.39, 0.29) is 0 Å². The van der Waals surface area contributed by atoms with E-state index in [9.17, 15) is 0 Å². The number of piperidine rings is 1. The van der Waals surface area contributed by atoms with Crippen molar-refractivity contribution in [3.8, 4) is 0 Å². The predicted molar refractivity (Wildman–Crippen MR) is 81.0 cm³/mol. The van der Waals surface area contributed by atoms with Crippen molar-refractivity contribution >= 4 is 11.8 Å². The van der Waals surface area contributed by atoms with Gasteiger partial charge in [-0.25, -0.2) is 0 Å². The average Bonchev–Trinajstić information content (AvgIpc) is 2.42. The number of hydrogen-bond donors (Lipinski definition) is 1. The second-order valence-corrected chi connectivity index (χ2v) is 6.20. The number of likely N-dealkylation sites (tertiary alicyclic amines) is 1. The van der Waals surface area contributed by atoms with E-state index in [0.717, 1.165) is 24.8 Å². The topological polar surface area (TPSA) is 29.3 Å². The molecule has 0 atom stereocenters. The lowest BCUT2D eigenvalue weighted by Crippen LogP contribution is -2.34. The third kappa shape index (κ3) is 4.01. The summed E-state index contributed by atoms with van der Waals surface area (Å²) in [6, 6.07) is 8.95. The first-order valence-electron chi connectivity index (χ1n) is 6.85. The molecule has 2 rings (SSSR count). The largest absolute Gasteiger partial charge is 0.330 e. The first kappa shape index (κ1) is 13.9. The fraction of sp³-hybridized carbons (Fsp3) is 0.600. The van der Waals surface area contributed by atoms with Crippen molar-refractivity contribution in [3.63, 3.8) is 0 Å². The van der Waals surface area contributed by atoms with Gasteiger partial charge in [0, 0.05) is 11.8 Å². The first-order chi connectivity index (χ1) is 8.81. The van der Waals surface area contributed by atoms with Crippen molar-refractivity contribution < 1.29 is 0 Å². The molecule has 0 aliphatic carbocycles. The van der Waals surface area contributed by atoms with E-state index in [1.807, 2.05) is 11.8 Å². The van der Waals surface area contributed by atoms with Crippen LogP contribution in [-0.2, 0) is 13.0 Å². The Morgan fingerprint density at radius 1 is 1.17 bits per heavy atom. The molecule has 1 heterocycles. The maximum absolute atomic E-state index is 5.56. The lowest BCUT2D eigenvalue weighted by molar-refractivity contribution is 0.225. The van der Waals surface area contributed by atoms with Crippen molar-refractivity contribution in [2.75, 3.05) is 25.9 Å². The van der Waals surface area contributed by atoms with Crippen LogP contribution in [0, 0.1) is 0 Å². The summed E-state index contributed by atoms with van der Waals surface area (Å²) in [6.07, 6.45) is 5.90. The Balaban J connectivity index is 1.82. The van der Waals surface area contributed by atoms with Gasteiger partial charge in [0.1, 0.15) is 0 Å². The van der Waals surface area contributed by atoms with Crippen LogP contribution in [-0.4, -0.2) is 36.0 Å². The molecular weight excluding hydrogens is 240 g/mol. The Labute approximate surface area is 115 Å². The first-order valence-corrected chi connectivity index (χ1v) is 8.13. The second kappa shape index (κ2) is 7.17. The number of thioether (sulfide) groups is 1. The molecule has 100 valence electrons. The standard InChI is InChI=1S/C15H24N2S/c1-18-15-7-10-17(11-8-15)12-14-4-2-13(3-5-14)6-9-16/h2-5,15H,6-12,16H2,1H3. The molecule has 1 aromatic rings. The van der Waals surface area contributed by atoms with Gasteiger partial charge in [0.15, 0.2) is 0 Å². The molecule has 1 aliphatic heterocycles. The highest BCUT2D eigenvalue weighted by Crippen LogP contribution is 2.22. The third-order valence-corrected chi connectivity index (χ3v) is 4.87. The molecule has 0 amide bonds. The zero-order chi connectivity index (χ0) is 12.8. The molecule has 2 nitrogen and oxygen atoms in total. The van der Waals surface area contributed by atoms with E-state index in [0.29, 0.717) is 0 Å². The summed E-state index contributed by atoms with van der Waals surface area (Å²) in [4.78, 5) is 2.57. The van der Waals surface area contributed by atoms with Crippen LogP contribution in [0.5, 0.6) is 0 Å². The second-order valence-electron chi connectivity index (χ2n) is 5.07. The summed E-state index contributed by atoms with van der Waals surface area (Å²) in [6.45, 7) is 4.33. The summed E-state index contributed by atoms with van der Waals surface area (Å²) in [5, 5.41) is 0.883. The monoisotopic (exact) mass is 264 g/mol. The molecular formula is C15H24N2S. The van der Waals surface area contributed by atoms with E-state index < -0.39 is 0 Å². The van der Waals surface area contributed by atoms with Crippen molar-refractivity contribution in [1.29, 1.82) is 0 Å². The van der Waals surface area contributed by atoms with Crippen LogP contribution in [0.15, 0.2) is 24.3 Å². The molecule has 0 radical (unpaired) electrons. The average molecular weight is 264 g/mol. The highest BCUT2D eigenvalue weighted by Gasteiger charge is 2.17. The summed E-state index contributed by atoms with van der Waals surface area (Å²) >= 11 is 2.02. The minimum Gasteiger partial charge on any atom is -0.330 e. The fourth-order valence-electron chi connectivity index (χ4n) is 2.54. The molecule has 1 fully saturated rings. The number of benzene rings is 1. The summed E-state index contributed by atoms with van der Waals surface area (Å²) in [7, 11) is 0. The van der Waals surface area contributed by atoms with Crippen molar-refractivity contribution in [3.05, 3.63) is 35.4 Å². The SMILES string of the molecule is CSC1CCN(Cc2ccc(CCN)cc2)CC1. The van der Waals surface area contributed by atoms with E-state index in [4.69, 9.17) is 5.73 Å². The molecule has 3 heteroatoms. The molecule has 0 spiro atoms. The maximum atomic E-state index is 5.56. The molecule has 18 heavy (non-hydrogen) atoms. The van der Waals surface area contributed by atoms with Crippen molar-refractivity contribution in [2.24, 2.45) is 5.73 Å². The van der Waals surface area contributed by atoms with Gasteiger partial charge in [-0.15, -0.1) is 0 Å². The Hall–Kier alpha value is -0.510. The maximum Gasteiger partial charge on any atom is 0.0233 e. The molecule has 0 unspecified atom stereocenters. The zero-order valence-electron chi connectivity index (χ0n) is 11.3. The van der Waals surface area contributed by atoms with E-state index in [2.05, 4.69) is 35.4 Å². The van der Waals surface area contributed by atoms with Gasteiger partial charge in [-0.3, -0.25) is 4.90 Å². The fourth-order valence-corrected chi connectivity index (χ4v) is 3.22. The van der Waals surface area contributed by atoms with Gasteiger partial charge in [0.25, 0.3) is 0 Å². The molecule has 0 aromatic heterocycles. The number of nitrogens with two attached hydrogens (primary N) is 1. The van der Waals surface area contributed by atoms with Crippen LogP contribution < -0.4 is 5.73 Å². The van der Waals surface area contributed by atoms with Crippen LogP contribution in [0.3, 0.4) is 0 Å². The molecule has 1 saturated heterocycles. The van der Waals surface area contributed by atoms with Crippen LogP contribution in [0.25, 0.3) is 0 Å². The highest BCUT2D eigenvalue weighted by molar-refractivity contribution is 7.99. The van der Waals surface area contributed by atoms with Gasteiger partial charge >= 0.3 is 0 Å². The number of rotatable bonds is 5. The van der Waals surface area contributed by atoms with Crippen LogP contribution in [0.2, 0.25) is 0 Å². The lowest BCUT2D eigenvalue weighted by Gasteiger charge is -2.31. The lowest BCUT2D eigenvalue weighted by atomic mass is 10.1. The van der Waals surface area contributed by atoms with Crippen molar-refractivity contribution in [2.45, 2.75) is 31.1 Å². The van der Waals surface area contributed by atoms with Crippen LogP contribution in [0.4, 0.5) is 0 Å². The normalized spacial score (nSPS) is 18.1. The summed E-state index contributed by atoms with van der Waals surface area (Å²) in [5.74, 6) is 0. The van der Waals surface area contributed by atoms with Crippen LogP contribution in [0.1, 0.15) is 24.0 Å². The van der Waals surface area contributed by atoms with Crippen molar-refractivity contribution in [1.82, 2.24) is 4.90 Å². The van der Waals surface area contributed by atoms with Gasteiger partial charge in [-0.05, 0) is 56.3 Å². The van der Waals surface area contributed by atoms with Gasteiger partial charge in [0.2, 0.25) is 0 Å². The van der Waals surface area contributed by atoms with E-state index >= 15 is 0 Å². The minimum atomic E-state index is 0.738. The number of hydrogen-bond acceptors (Lipinski definition) is 3. The molecule has 0 bridgehead atoms. The Kier molecular flexibility index (Phi) is 5.54. The molecule has 1 aliphatic rings. The quantitative estimate of drug-likeness (QED) is 0.886. The van der Waals surface area contributed by atoms with Crippen LogP contribution >= 0.6 is 11.8 Å². The molecule has 2 N–H and O–H groups in total. The number of nitrogens with zero attached hydrogens (tertiary/aromatic N) is 1. The Morgan fingerprint density at radius 2 is 1.78 bits per heavy atom. The minimum absolute atomic E-state index is 0.738. The van der Waals surface area contributed by atoms with Gasteiger partial charge in [0.05, 0.1) is 0 Å². The third-order valence-electron chi connectivity index (χ3n) is 3.73.